The molecule has 1 heterocycles. The Morgan fingerprint density at radius 3 is 2.76 bits per heavy atom. The van der Waals surface area contributed by atoms with E-state index in [4.69, 9.17) is 4.74 Å². The first-order valence-electron chi connectivity index (χ1n) is 6.04. The average molecular weight is 240 g/mol. The van der Waals surface area contributed by atoms with Crippen molar-refractivity contribution in [2.75, 3.05) is 34.3 Å². The minimum atomic E-state index is 0.282. The lowest BCUT2D eigenvalue weighted by molar-refractivity contribution is 0.345. The van der Waals surface area contributed by atoms with Crippen molar-refractivity contribution < 1.29 is 4.74 Å². The van der Waals surface area contributed by atoms with Crippen molar-refractivity contribution in [3.63, 3.8) is 0 Å². The highest BCUT2D eigenvalue weighted by molar-refractivity contribution is 5.28. The molecule has 0 amide bonds. The molecule has 17 heavy (non-hydrogen) atoms. The van der Waals surface area contributed by atoms with E-state index in [-0.39, 0.29) is 6.04 Å². The second-order valence-corrected chi connectivity index (χ2v) is 4.42. The summed E-state index contributed by atoms with van der Waals surface area (Å²) in [5, 5.41) is 7.74. The molecule has 0 saturated heterocycles. The van der Waals surface area contributed by atoms with Crippen LogP contribution in [0.1, 0.15) is 25.1 Å². The van der Waals surface area contributed by atoms with Gasteiger partial charge in [-0.2, -0.15) is 5.10 Å². The van der Waals surface area contributed by atoms with Crippen LogP contribution in [-0.4, -0.2) is 49.0 Å². The van der Waals surface area contributed by atoms with Crippen LogP contribution in [-0.2, 0) is 7.05 Å². The van der Waals surface area contributed by atoms with E-state index in [2.05, 4.69) is 36.3 Å². The van der Waals surface area contributed by atoms with Gasteiger partial charge in [0, 0.05) is 7.05 Å². The predicted molar refractivity (Wildman–Crippen MR) is 69.3 cm³/mol. The first kappa shape index (κ1) is 14.0. The highest BCUT2D eigenvalue weighted by Crippen LogP contribution is 2.26. The van der Waals surface area contributed by atoms with Crippen LogP contribution in [0.3, 0.4) is 0 Å². The monoisotopic (exact) mass is 240 g/mol. The minimum Gasteiger partial charge on any atom is -0.493 e. The molecule has 0 aliphatic carbocycles. The van der Waals surface area contributed by atoms with Crippen LogP contribution in [0, 0.1) is 0 Å². The molecule has 0 radical (unpaired) electrons. The maximum atomic E-state index is 5.36. The van der Waals surface area contributed by atoms with E-state index in [1.165, 1.54) is 0 Å². The van der Waals surface area contributed by atoms with Gasteiger partial charge in [-0.25, -0.2) is 0 Å². The summed E-state index contributed by atoms with van der Waals surface area (Å²) >= 11 is 0. The zero-order valence-electron chi connectivity index (χ0n) is 11.5. The molecular formula is C12H24N4O. The fourth-order valence-corrected chi connectivity index (χ4v) is 1.95. The fourth-order valence-electron chi connectivity index (χ4n) is 1.95. The van der Waals surface area contributed by atoms with Gasteiger partial charge in [0.05, 0.1) is 25.0 Å². The molecular weight excluding hydrogens is 216 g/mol. The molecule has 0 aliphatic rings. The summed E-state index contributed by atoms with van der Waals surface area (Å²) < 4.78 is 7.25. The van der Waals surface area contributed by atoms with Gasteiger partial charge in [0.15, 0.2) is 5.75 Å². The molecule has 98 valence electrons. The lowest BCUT2D eigenvalue weighted by atomic mass is 10.1. The number of nitrogens with zero attached hydrogens (tertiary/aromatic N) is 3. The SMILES string of the molecule is CCNC(CCN(C)C)c1c(OC)cnn1C. The highest BCUT2D eigenvalue weighted by Gasteiger charge is 2.19. The third-order valence-electron chi connectivity index (χ3n) is 2.81. The van der Waals surface area contributed by atoms with Crippen molar-refractivity contribution in [1.82, 2.24) is 20.0 Å². The Morgan fingerprint density at radius 2 is 2.24 bits per heavy atom. The summed E-state index contributed by atoms with van der Waals surface area (Å²) in [4.78, 5) is 2.19. The molecule has 0 spiro atoms. The topological polar surface area (TPSA) is 42.3 Å². The van der Waals surface area contributed by atoms with Gasteiger partial charge in [0.25, 0.3) is 0 Å². The zero-order chi connectivity index (χ0) is 12.8. The number of rotatable bonds is 7. The van der Waals surface area contributed by atoms with Gasteiger partial charge in [-0.15, -0.1) is 0 Å². The van der Waals surface area contributed by atoms with E-state index in [0.29, 0.717) is 0 Å². The number of aromatic nitrogens is 2. The second-order valence-electron chi connectivity index (χ2n) is 4.42. The smallest absolute Gasteiger partial charge is 0.161 e. The summed E-state index contributed by atoms with van der Waals surface area (Å²) in [5.74, 6) is 0.859. The quantitative estimate of drug-likeness (QED) is 0.773. The van der Waals surface area contributed by atoms with E-state index < -0.39 is 0 Å². The second kappa shape index (κ2) is 6.61. The standard InChI is InChI=1S/C12H24N4O/c1-6-13-10(7-8-15(2)3)12-11(17-5)9-14-16(12)4/h9-10,13H,6-8H2,1-5H3. The summed E-state index contributed by atoms with van der Waals surface area (Å²) in [6.45, 7) is 4.09. The van der Waals surface area contributed by atoms with E-state index in [1.807, 2.05) is 11.7 Å². The Balaban J connectivity index is 2.84. The van der Waals surface area contributed by atoms with Gasteiger partial charge in [-0.3, -0.25) is 4.68 Å². The van der Waals surface area contributed by atoms with Crippen LogP contribution in [0.5, 0.6) is 5.75 Å². The van der Waals surface area contributed by atoms with Crippen molar-refractivity contribution in [2.24, 2.45) is 7.05 Å². The summed E-state index contributed by atoms with van der Waals surface area (Å²) in [6, 6.07) is 0.282. The van der Waals surface area contributed by atoms with Crippen LogP contribution in [0.4, 0.5) is 0 Å². The summed E-state index contributed by atoms with van der Waals surface area (Å²) in [6.07, 6.45) is 2.81. The van der Waals surface area contributed by atoms with Crippen LogP contribution >= 0.6 is 0 Å². The molecule has 1 aromatic rings. The molecule has 1 N–H and O–H groups in total. The Labute approximate surface area is 104 Å². The van der Waals surface area contributed by atoms with Crippen molar-refractivity contribution in [3.8, 4) is 5.75 Å². The maximum Gasteiger partial charge on any atom is 0.161 e. The van der Waals surface area contributed by atoms with Crippen molar-refractivity contribution in [1.29, 1.82) is 0 Å². The largest absolute Gasteiger partial charge is 0.493 e. The maximum absolute atomic E-state index is 5.36. The Kier molecular flexibility index (Phi) is 5.44. The van der Waals surface area contributed by atoms with Gasteiger partial charge in [-0.05, 0) is 33.6 Å². The molecule has 5 heteroatoms. The van der Waals surface area contributed by atoms with E-state index in [9.17, 15) is 0 Å². The number of hydrogen-bond donors (Lipinski definition) is 1. The van der Waals surface area contributed by atoms with Gasteiger partial charge in [-0.1, -0.05) is 6.92 Å². The summed E-state index contributed by atoms with van der Waals surface area (Å²) in [5.41, 5.74) is 1.12. The van der Waals surface area contributed by atoms with E-state index in [0.717, 1.165) is 31.0 Å². The van der Waals surface area contributed by atoms with Crippen LogP contribution in [0.15, 0.2) is 6.20 Å². The van der Waals surface area contributed by atoms with Crippen LogP contribution < -0.4 is 10.1 Å². The minimum absolute atomic E-state index is 0.282. The molecule has 0 saturated carbocycles. The Hall–Kier alpha value is -1.07. The number of ether oxygens (including phenoxy) is 1. The van der Waals surface area contributed by atoms with Gasteiger partial charge in [0.1, 0.15) is 0 Å². The first-order valence-corrected chi connectivity index (χ1v) is 6.04. The number of hydrogen-bond acceptors (Lipinski definition) is 4. The zero-order valence-corrected chi connectivity index (χ0v) is 11.5. The highest BCUT2D eigenvalue weighted by atomic mass is 16.5. The summed E-state index contributed by atoms with van der Waals surface area (Å²) in [7, 11) is 7.82. The average Bonchev–Trinajstić information content (AvgIpc) is 2.65. The Bertz CT molecular complexity index is 335. The molecule has 0 fully saturated rings. The van der Waals surface area contributed by atoms with Crippen LogP contribution in [0.2, 0.25) is 0 Å². The lowest BCUT2D eigenvalue weighted by Gasteiger charge is -2.21. The predicted octanol–water partition coefficient (Wildman–Crippen LogP) is 1.03. The molecule has 0 aromatic carbocycles. The number of nitrogens with one attached hydrogen (secondary N) is 1. The van der Waals surface area contributed by atoms with Crippen LogP contribution in [0.25, 0.3) is 0 Å². The molecule has 0 bridgehead atoms. The number of methoxy groups -OCH3 is 1. The van der Waals surface area contributed by atoms with E-state index in [1.54, 1.807) is 13.3 Å². The van der Waals surface area contributed by atoms with Gasteiger partial charge < -0.3 is 15.0 Å². The molecule has 5 nitrogen and oxygen atoms in total. The van der Waals surface area contributed by atoms with Gasteiger partial charge in [0.2, 0.25) is 0 Å². The molecule has 1 aromatic heterocycles. The third-order valence-corrected chi connectivity index (χ3v) is 2.81. The van der Waals surface area contributed by atoms with Crippen molar-refractivity contribution >= 4 is 0 Å². The lowest BCUT2D eigenvalue weighted by Crippen LogP contribution is -2.27. The molecule has 1 rings (SSSR count). The fraction of sp³-hybridized carbons (Fsp3) is 0.750. The third kappa shape index (κ3) is 3.71. The first-order chi connectivity index (χ1) is 8.10. The van der Waals surface area contributed by atoms with E-state index >= 15 is 0 Å². The molecule has 0 aliphatic heterocycles. The normalized spacial score (nSPS) is 13.1. The molecule has 1 atom stereocenters. The molecule has 1 unspecified atom stereocenters. The van der Waals surface area contributed by atoms with Gasteiger partial charge >= 0.3 is 0 Å². The number of aryl methyl sites for hydroxylation is 1. The van der Waals surface area contributed by atoms with Crippen molar-refractivity contribution in [3.05, 3.63) is 11.9 Å². The van der Waals surface area contributed by atoms with Crippen molar-refractivity contribution in [2.45, 2.75) is 19.4 Å². The Morgan fingerprint density at radius 1 is 1.53 bits per heavy atom.